The largest absolute Gasteiger partial charge is 0.390 e. The van der Waals surface area contributed by atoms with Crippen LogP contribution in [0.3, 0.4) is 0 Å². The van der Waals surface area contributed by atoms with E-state index in [4.69, 9.17) is 0 Å². The Morgan fingerprint density at radius 2 is 2.11 bits per heavy atom. The molecule has 0 saturated carbocycles. The van der Waals surface area contributed by atoms with Gasteiger partial charge in [-0.2, -0.15) is 5.26 Å². The second-order valence-corrected chi connectivity index (χ2v) is 5.48. The Bertz CT molecular complexity index is 481. The van der Waals surface area contributed by atoms with E-state index in [-0.39, 0.29) is 0 Å². The average molecular weight is 259 g/mol. The molecule has 19 heavy (non-hydrogen) atoms. The third kappa shape index (κ3) is 3.25. The number of piperidine rings is 1. The third-order valence-electron chi connectivity index (χ3n) is 3.74. The maximum Gasteiger partial charge on any atom is 0.101 e. The first-order valence-electron chi connectivity index (χ1n) is 6.71. The van der Waals surface area contributed by atoms with Crippen molar-refractivity contribution in [3.8, 4) is 6.07 Å². The highest BCUT2D eigenvalue weighted by Crippen LogP contribution is 2.28. The lowest BCUT2D eigenvalue weighted by Crippen LogP contribution is -2.42. The van der Waals surface area contributed by atoms with Crippen LogP contribution in [0.5, 0.6) is 0 Å². The number of benzene rings is 1. The standard InChI is InChI=1S/C15H21N3O/c1-15(19)5-7-18(8-6-15)14-4-3-12(11-17-2)9-13(14)10-16/h3-4,9,17,19H,5-8,11H2,1-2H3. The van der Waals surface area contributed by atoms with E-state index in [0.717, 1.165) is 43.7 Å². The number of aliphatic hydroxyl groups is 1. The van der Waals surface area contributed by atoms with E-state index in [1.807, 2.05) is 26.1 Å². The second kappa shape index (κ2) is 5.60. The molecule has 0 unspecified atom stereocenters. The Kier molecular flexibility index (Phi) is 4.08. The molecule has 0 atom stereocenters. The summed E-state index contributed by atoms with van der Waals surface area (Å²) in [4.78, 5) is 2.19. The number of nitrogens with zero attached hydrogens (tertiary/aromatic N) is 2. The summed E-state index contributed by atoms with van der Waals surface area (Å²) in [5, 5.41) is 22.4. The highest BCUT2D eigenvalue weighted by atomic mass is 16.3. The number of anilines is 1. The molecule has 2 N–H and O–H groups in total. The minimum atomic E-state index is -0.560. The van der Waals surface area contributed by atoms with Gasteiger partial charge in [0, 0.05) is 19.6 Å². The first-order chi connectivity index (χ1) is 9.05. The zero-order valence-electron chi connectivity index (χ0n) is 11.6. The summed E-state index contributed by atoms with van der Waals surface area (Å²) in [7, 11) is 1.90. The topological polar surface area (TPSA) is 59.3 Å². The Balaban J connectivity index is 2.19. The van der Waals surface area contributed by atoms with Crippen molar-refractivity contribution in [1.82, 2.24) is 5.32 Å². The van der Waals surface area contributed by atoms with E-state index in [2.05, 4.69) is 22.4 Å². The van der Waals surface area contributed by atoms with Crippen LogP contribution in [0.25, 0.3) is 0 Å². The highest BCUT2D eigenvalue weighted by molar-refractivity contribution is 5.60. The van der Waals surface area contributed by atoms with Crippen LogP contribution in [0.2, 0.25) is 0 Å². The van der Waals surface area contributed by atoms with E-state index < -0.39 is 5.60 Å². The zero-order valence-corrected chi connectivity index (χ0v) is 11.6. The molecule has 4 nitrogen and oxygen atoms in total. The lowest BCUT2D eigenvalue weighted by molar-refractivity contribution is 0.0351. The van der Waals surface area contributed by atoms with E-state index in [9.17, 15) is 10.4 Å². The molecule has 1 aliphatic heterocycles. The van der Waals surface area contributed by atoms with Crippen LogP contribution >= 0.6 is 0 Å². The Morgan fingerprint density at radius 1 is 1.42 bits per heavy atom. The molecular weight excluding hydrogens is 238 g/mol. The van der Waals surface area contributed by atoms with E-state index >= 15 is 0 Å². The molecule has 4 heteroatoms. The number of hydrogen-bond acceptors (Lipinski definition) is 4. The van der Waals surface area contributed by atoms with Gasteiger partial charge < -0.3 is 15.3 Å². The van der Waals surface area contributed by atoms with Gasteiger partial charge in [-0.1, -0.05) is 6.07 Å². The quantitative estimate of drug-likeness (QED) is 0.866. The molecule has 0 aromatic heterocycles. The minimum absolute atomic E-state index is 0.560. The Labute approximate surface area is 114 Å². The summed E-state index contributed by atoms with van der Waals surface area (Å²) in [6, 6.07) is 8.30. The molecular formula is C15H21N3O. The SMILES string of the molecule is CNCc1ccc(N2CCC(C)(O)CC2)c(C#N)c1. The summed E-state index contributed by atoms with van der Waals surface area (Å²) < 4.78 is 0. The van der Waals surface area contributed by atoms with Crippen LogP contribution in [-0.4, -0.2) is 30.8 Å². The molecule has 0 radical (unpaired) electrons. The summed E-state index contributed by atoms with van der Waals surface area (Å²) in [5.74, 6) is 0. The van der Waals surface area contributed by atoms with E-state index in [1.54, 1.807) is 0 Å². The molecule has 0 bridgehead atoms. The normalized spacial score (nSPS) is 18.1. The lowest BCUT2D eigenvalue weighted by Gasteiger charge is -2.37. The fourth-order valence-corrected chi connectivity index (χ4v) is 2.49. The summed E-state index contributed by atoms with van der Waals surface area (Å²) in [6.45, 7) is 4.25. The molecule has 1 aromatic rings. The van der Waals surface area contributed by atoms with Crippen molar-refractivity contribution < 1.29 is 5.11 Å². The average Bonchev–Trinajstić information content (AvgIpc) is 2.39. The van der Waals surface area contributed by atoms with E-state index in [0.29, 0.717) is 5.56 Å². The molecule has 102 valence electrons. The molecule has 0 amide bonds. The predicted octanol–water partition coefficient (Wildman–Crippen LogP) is 1.63. The van der Waals surface area contributed by atoms with Gasteiger partial charge in [0.15, 0.2) is 0 Å². The van der Waals surface area contributed by atoms with Crippen LogP contribution in [0, 0.1) is 11.3 Å². The fraction of sp³-hybridized carbons (Fsp3) is 0.533. The fourth-order valence-electron chi connectivity index (χ4n) is 2.49. The molecule has 0 aliphatic carbocycles. The van der Waals surface area contributed by atoms with Crippen LogP contribution in [0.15, 0.2) is 18.2 Å². The van der Waals surface area contributed by atoms with Crippen LogP contribution in [0.1, 0.15) is 30.9 Å². The van der Waals surface area contributed by atoms with Crippen molar-refractivity contribution in [1.29, 1.82) is 5.26 Å². The monoisotopic (exact) mass is 259 g/mol. The molecule has 2 rings (SSSR count). The van der Waals surface area contributed by atoms with Crippen molar-refractivity contribution >= 4 is 5.69 Å². The van der Waals surface area contributed by atoms with E-state index in [1.165, 1.54) is 0 Å². The van der Waals surface area contributed by atoms with Gasteiger partial charge >= 0.3 is 0 Å². The predicted molar refractivity (Wildman–Crippen MR) is 76.0 cm³/mol. The molecule has 1 heterocycles. The Morgan fingerprint density at radius 3 is 2.68 bits per heavy atom. The van der Waals surface area contributed by atoms with Gasteiger partial charge in [0.2, 0.25) is 0 Å². The summed E-state index contributed by atoms with van der Waals surface area (Å²) in [5.41, 5.74) is 2.26. The first kappa shape index (κ1) is 13.9. The van der Waals surface area contributed by atoms with Crippen molar-refractivity contribution in [3.05, 3.63) is 29.3 Å². The van der Waals surface area contributed by atoms with Crippen LogP contribution in [-0.2, 0) is 6.54 Å². The zero-order chi connectivity index (χ0) is 13.9. The molecule has 0 spiro atoms. The van der Waals surface area contributed by atoms with Crippen molar-refractivity contribution in [2.24, 2.45) is 0 Å². The van der Waals surface area contributed by atoms with Gasteiger partial charge in [-0.3, -0.25) is 0 Å². The maximum absolute atomic E-state index is 9.98. The summed E-state index contributed by atoms with van der Waals surface area (Å²) in [6.07, 6.45) is 1.49. The van der Waals surface area contributed by atoms with Gasteiger partial charge in [0.1, 0.15) is 6.07 Å². The number of hydrogen-bond donors (Lipinski definition) is 2. The highest BCUT2D eigenvalue weighted by Gasteiger charge is 2.28. The third-order valence-corrected chi connectivity index (χ3v) is 3.74. The van der Waals surface area contributed by atoms with Gasteiger partial charge in [-0.15, -0.1) is 0 Å². The number of nitrogens with one attached hydrogen (secondary N) is 1. The van der Waals surface area contributed by atoms with Gasteiger partial charge in [-0.25, -0.2) is 0 Å². The molecule has 1 aliphatic rings. The number of nitriles is 1. The Hall–Kier alpha value is -1.57. The van der Waals surface area contributed by atoms with Gasteiger partial charge in [0.25, 0.3) is 0 Å². The minimum Gasteiger partial charge on any atom is -0.390 e. The lowest BCUT2D eigenvalue weighted by atomic mass is 9.93. The molecule has 1 saturated heterocycles. The van der Waals surface area contributed by atoms with Crippen molar-refractivity contribution in [2.45, 2.75) is 31.9 Å². The van der Waals surface area contributed by atoms with Crippen molar-refractivity contribution in [3.63, 3.8) is 0 Å². The maximum atomic E-state index is 9.98. The molecule has 1 fully saturated rings. The molecule has 1 aromatic carbocycles. The first-order valence-corrected chi connectivity index (χ1v) is 6.71. The van der Waals surface area contributed by atoms with Crippen LogP contribution < -0.4 is 10.2 Å². The van der Waals surface area contributed by atoms with Crippen molar-refractivity contribution in [2.75, 3.05) is 25.0 Å². The van der Waals surface area contributed by atoms with Gasteiger partial charge in [0.05, 0.1) is 16.9 Å². The summed E-state index contributed by atoms with van der Waals surface area (Å²) >= 11 is 0. The van der Waals surface area contributed by atoms with Crippen LogP contribution in [0.4, 0.5) is 5.69 Å². The van der Waals surface area contributed by atoms with Gasteiger partial charge in [-0.05, 0) is 44.5 Å². The number of rotatable bonds is 3. The second-order valence-electron chi connectivity index (χ2n) is 5.48. The smallest absolute Gasteiger partial charge is 0.101 e.